The molecule has 4 heteroatoms. The molecular formula is C8H10BrNO2. The lowest BCUT2D eigenvalue weighted by Crippen LogP contribution is -2.20. The van der Waals surface area contributed by atoms with Gasteiger partial charge in [-0.2, -0.15) is 0 Å². The average molecular weight is 232 g/mol. The molecule has 0 atom stereocenters. The minimum absolute atomic E-state index is 0.293. The van der Waals surface area contributed by atoms with E-state index in [0.29, 0.717) is 17.6 Å². The van der Waals surface area contributed by atoms with E-state index in [9.17, 15) is 4.79 Å². The van der Waals surface area contributed by atoms with Crippen molar-refractivity contribution in [2.45, 2.75) is 6.42 Å². The summed E-state index contributed by atoms with van der Waals surface area (Å²) in [4.78, 5) is 11.1. The summed E-state index contributed by atoms with van der Waals surface area (Å²) in [7, 11) is 0. The first-order valence-corrected chi connectivity index (χ1v) is 4.81. The van der Waals surface area contributed by atoms with Crippen molar-refractivity contribution in [3.63, 3.8) is 0 Å². The average Bonchev–Trinajstić information content (AvgIpc) is 2.15. The van der Waals surface area contributed by atoms with Crippen molar-refractivity contribution in [1.82, 2.24) is 5.32 Å². The number of rotatable bonds is 3. The van der Waals surface area contributed by atoms with E-state index in [1.165, 1.54) is 0 Å². The molecule has 0 saturated heterocycles. The van der Waals surface area contributed by atoms with Crippen molar-refractivity contribution in [3.8, 4) is 0 Å². The van der Waals surface area contributed by atoms with Crippen molar-refractivity contribution in [2.24, 2.45) is 0 Å². The van der Waals surface area contributed by atoms with Gasteiger partial charge in [0.2, 0.25) is 0 Å². The van der Waals surface area contributed by atoms with E-state index in [1.807, 2.05) is 6.08 Å². The van der Waals surface area contributed by atoms with Gasteiger partial charge in [0.1, 0.15) is 12.3 Å². The maximum atomic E-state index is 11.1. The van der Waals surface area contributed by atoms with Crippen molar-refractivity contribution < 1.29 is 9.53 Å². The minimum Gasteiger partial charge on any atom is -0.460 e. The maximum Gasteiger partial charge on any atom is 0.354 e. The Bertz CT molecular complexity index is 223. The molecule has 1 aliphatic heterocycles. The first kappa shape index (κ1) is 9.32. The van der Waals surface area contributed by atoms with Crippen LogP contribution in [0.4, 0.5) is 0 Å². The van der Waals surface area contributed by atoms with Gasteiger partial charge in [-0.3, -0.25) is 0 Å². The number of esters is 1. The largest absolute Gasteiger partial charge is 0.460 e. The number of dihydropyridines is 1. The van der Waals surface area contributed by atoms with Crippen LogP contribution in [-0.4, -0.2) is 17.9 Å². The normalized spacial score (nSPS) is 14.9. The summed E-state index contributed by atoms with van der Waals surface area (Å²) in [6.07, 6.45) is 6.26. The number of allylic oxidation sites excluding steroid dienone is 2. The zero-order valence-corrected chi connectivity index (χ0v) is 8.13. The molecule has 12 heavy (non-hydrogen) atoms. The molecule has 0 spiro atoms. The summed E-state index contributed by atoms with van der Waals surface area (Å²) in [5.41, 5.74) is 0.526. The van der Waals surface area contributed by atoms with E-state index >= 15 is 0 Å². The van der Waals surface area contributed by atoms with Crippen LogP contribution in [0.3, 0.4) is 0 Å². The highest BCUT2D eigenvalue weighted by Gasteiger charge is 2.09. The zero-order chi connectivity index (χ0) is 8.81. The molecule has 0 fully saturated rings. The van der Waals surface area contributed by atoms with Crippen LogP contribution in [0.15, 0.2) is 24.0 Å². The lowest BCUT2D eigenvalue weighted by atomic mass is 10.2. The Morgan fingerprint density at radius 3 is 3.17 bits per heavy atom. The molecular weight excluding hydrogens is 222 g/mol. The van der Waals surface area contributed by atoms with Crippen LogP contribution in [0.5, 0.6) is 0 Å². The molecule has 0 aromatic heterocycles. The molecule has 0 aromatic carbocycles. The van der Waals surface area contributed by atoms with E-state index in [2.05, 4.69) is 21.2 Å². The number of hydrogen-bond acceptors (Lipinski definition) is 3. The van der Waals surface area contributed by atoms with E-state index in [4.69, 9.17) is 4.74 Å². The van der Waals surface area contributed by atoms with Gasteiger partial charge in [-0.25, -0.2) is 4.79 Å². The molecule has 0 unspecified atom stereocenters. The summed E-state index contributed by atoms with van der Waals surface area (Å²) in [5.74, 6) is -0.293. The summed E-state index contributed by atoms with van der Waals surface area (Å²) in [6, 6.07) is 0. The van der Waals surface area contributed by atoms with E-state index in [0.717, 1.165) is 6.42 Å². The Kier molecular flexibility index (Phi) is 3.87. The molecule has 0 aliphatic carbocycles. The van der Waals surface area contributed by atoms with Crippen LogP contribution < -0.4 is 5.32 Å². The van der Waals surface area contributed by atoms with Crippen molar-refractivity contribution in [3.05, 3.63) is 24.0 Å². The second kappa shape index (κ2) is 4.98. The summed E-state index contributed by atoms with van der Waals surface area (Å²) in [5, 5.41) is 3.49. The van der Waals surface area contributed by atoms with Gasteiger partial charge in [-0.15, -0.1) is 0 Å². The molecule has 0 amide bonds. The van der Waals surface area contributed by atoms with Gasteiger partial charge in [-0.1, -0.05) is 22.0 Å². The van der Waals surface area contributed by atoms with Crippen LogP contribution in [0.2, 0.25) is 0 Å². The molecule has 1 aliphatic rings. The maximum absolute atomic E-state index is 11.1. The number of carbonyl (C=O) groups excluding carboxylic acids is 1. The van der Waals surface area contributed by atoms with Crippen LogP contribution in [0, 0.1) is 0 Å². The highest BCUT2D eigenvalue weighted by atomic mass is 79.9. The Hall–Kier alpha value is -0.770. The highest BCUT2D eigenvalue weighted by Crippen LogP contribution is 2.02. The summed E-state index contributed by atoms with van der Waals surface area (Å²) in [6.45, 7) is 0.404. The van der Waals surface area contributed by atoms with E-state index < -0.39 is 0 Å². The molecule has 66 valence electrons. The smallest absolute Gasteiger partial charge is 0.354 e. The van der Waals surface area contributed by atoms with Gasteiger partial charge in [0.05, 0.1) is 0 Å². The Morgan fingerprint density at radius 2 is 2.58 bits per heavy atom. The molecule has 3 nitrogen and oxygen atoms in total. The molecule has 0 bridgehead atoms. The third-order valence-corrected chi connectivity index (χ3v) is 1.67. The Balaban J connectivity index is 2.36. The highest BCUT2D eigenvalue weighted by molar-refractivity contribution is 9.09. The standard InChI is InChI=1S/C8H10BrNO2/c9-4-6-12-8(11)7-3-1-2-5-10-7/h2-3,5,10H,1,4,6H2. The fourth-order valence-electron chi connectivity index (χ4n) is 0.813. The first-order chi connectivity index (χ1) is 5.84. The van der Waals surface area contributed by atoms with Crippen molar-refractivity contribution in [2.75, 3.05) is 11.9 Å². The van der Waals surface area contributed by atoms with Crippen molar-refractivity contribution in [1.29, 1.82) is 0 Å². The topological polar surface area (TPSA) is 38.3 Å². The van der Waals surface area contributed by atoms with Crippen LogP contribution in [0.1, 0.15) is 6.42 Å². The quantitative estimate of drug-likeness (QED) is 0.589. The Labute approximate surface area is 79.6 Å². The third kappa shape index (κ3) is 2.70. The van der Waals surface area contributed by atoms with Crippen LogP contribution >= 0.6 is 15.9 Å². The monoisotopic (exact) mass is 231 g/mol. The zero-order valence-electron chi connectivity index (χ0n) is 6.55. The van der Waals surface area contributed by atoms with Crippen molar-refractivity contribution >= 4 is 21.9 Å². The number of halogens is 1. The minimum atomic E-state index is -0.293. The molecule has 1 heterocycles. The van der Waals surface area contributed by atoms with E-state index in [-0.39, 0.29) is 5.97 Å². The van der Waals surface area contributed by atoms with Crippen LogP contribution in [0.25, 0.3) is 0 Å². The van der Waals surface area contributed by atoms with Gasteiger partial charge in [0, 0.05) is 5.33 Å². The van der Waals surface area contributed by atoms with Gasteiger partial charge < -0.3 is 10.1 Å². The molecule has 0 aromatic rings. The van der Waals surface area contributed by atoms with Gasteiger partial charge >= 0.3 is 5.97 Å². The predicted molar refractivity (Wildman–Crippen MR) is 49.7 cm³/mol. The second-order valence-electron chi connectivity index (χ2n) is 2.23. The Morgan fingerprint density at radius 1 is 1.75 bits per heavy atom. The lowest BCUT2D eigenvalue weighted by molar-refractivity contribution is -0.138. The van der Waals surface area contributed by atoms with Gasteiger partial charge in [0.15, 0.2) is 0 Å². The van der Waals surface area contributed by atoms with Gasteiger partial charge in [-0.05, 0) is 18.7 Å². The van der Waals surface area contributed by atoms with E-state index in [1.54, 1.807) is 12.3 Å². The predicted octanol–water partition coefficient (Wildman–Crippen LogP) is 1.32. The first-order valence-electron chi connectivity index (χ1n) is 3.69. The number of nitrogens with one attached hydrogen (secondary N) is 1. The fourth-order valence-corrected chi connectivity index (χ4v) is 0.975. The third-order valence-electron chi connectivity index (χ3n) is 1.34. The lowest BCUT2D eigenvalue weighted by Gasteiger charge is -2.09. The van der Waals surface area contributed by atoms with Crippen LogP contribution in [-0.2, 0) is 9.53 Å². The number of alkyl halides is 1. The molecule has 0 radical (unpaired) electrons. The summed E-state index contributed by atoms with van der Waals surface area (Å²) >= 11 is 3.17. The summed E-state index contributed by atoms with van der Waals surface area (Å²) < 4.78 is 4.88. The SMILES string of the molecule is O=C(OCCBr)C1=CCC=CN1. The number of hydrogen-bond donors (Lipinski definition) is 1. The fraction of sp³-hybridized carbons (Fsp3) is 0.375. The molecule has 0 saturated carbocycles. The molecule has 1 N–H and O–H groups in total. The number of ether oxygens (including phenoxy) is 1. The second-order valence-corrected chi connectivity index (χ2v) is 3.02. The van der Waals surface area contributed by atoms with Gasteiger partial charge in [0.25, 0.3) is 0 Å². The number of carbonyl (C=O) groups is 1. The molecule has 1 rings (SSSR count).